The van der Waals surface area contributed by atoms with Gasteiger partial charge in [-0.3, -0.25) is 0 Å². The van der Waals surface area contributed by atoms with Crippen LogP contribution < -0.4 is 10.5 Å². The third kappa shape index (κ3) is 5.62. The van der Waals surface area contributed by atoms with Crippen LogP contribution in [-0.4, -0.2) is 40.2 Å². The van der Waals surface area contributed by atoms with Gasteiger partial charge in [0.25, 0.3) is 0 Å². The molecular formula is C22H28FIN6O2S. The van der Waals surface area contributed by atoms with E-state index in [1.807, 2.05) is 13.8 Å². The van der Waals surface area contributed by atoms with Gasteiger partial charge in [0.05, 0.1) is 5.75 Å². The molecule has 178 valence electrons. The summed E-state index contributed by atoms with van der Waals surface area (Å²) < 4.78 is 44.2. The van der Waals surface area contributed by atoms with Gasteiger partial charge in [0.1, 0.15) is 5.82 Å². The molecule has 1 aliphatic rings. The standard InChI is InChI=1S/C22H28FIN6O2S/c1-13(2)12-26-33(31,32)8-4-7-30-18(27-19-20(25)28-22(23)29-21(19)30)11-16-9-14-5-3-6-15(14)10-17(16)24/h9-10,13,26H,3-8,11-12H2,1-2H3,(H2,25,28,29). The Morgan fingerprint density at radius 3 is 2.67 bits per heavy atom. The third-order valence-electron chi connectivity index (χ3n) is 5.79. The van der Waals surface area contributed by atoms with Crippen LogP contribution in [0.3, 0.4) is 0 Å². The molecule has 1 aliphatic carbocycles. The summed E-state index contributed by atoms with van der Waals surface area (Å²) >= 11 is 2.34. The highest BCUT2D eigenvalue weighted by Crippen LogP contribution is 2.29. The molecule has 11 heteroatoms. The first-order valence-corrected chi connectivity index (χ1v) is 13.8. The van der Waals surface area contributed by atoms with Gasteiger partial charge in [0.2, 0.25) is 10.0 Å². The monoisotopic (exact) mass is 586 g/mol. The highest BCUT2D eigenvalue weighted by molar-refractivity contribution is 14.1. The molecule has 0 saturated carbocycles. The molecule has 0 amide bonds. The number of fused-ring (bicyclic) bond motifs is 2. The number of anilines is 1. The number of benzene rings is 1. The molecule has 0 bridgehead atoms. The van der Waals surface area contributed by atoms with Crippen LogP contribution in [0.2, 0.25) is 0 Å². The molecule has 3 aromatic rings. The molecule has 0 unspecified atom stereocenters. The van der Waals surface area contributed by atoms with Crippen molar-refractivity contribution in [2.24, 2.45) is 5.92 Å². The lowest BCUT2D eigenvalue weighted by molar-refractivity contribution is 0.539. The molecular weight excluding hydrogens is 558 g/mol. The Bertz CT molecular complexity index is 1290. The van der Waals surface area contributed by atoms with Crippen LogP contribution in [0.15, 0.2) is 12.1 Å². The van der Waals surface area contributed by atoms with Gasteiger partial charge in [-0.2, -0.15) is 14.4 Å². The van der Waals surface area contributed by atoms with Crippen molar-refractivity contribution >= 4 is 49.6 Å². The zero-order valence-corrected chi connectivity index (χ0v) is 21.7. The van der Waals surface area contributed by atoms with Crippen LogP contribution in [0, 0.1) is 15.6 Å². The smallest absolute Gasteiger partial charge is 0.312 e. The van der Waals surface area contributed by atoms with Gasteiger partial charge in [-0.15, -0.1) is 0 Å². The van der Waals surface area contributed by atoms with Crippen LogP contribution in [0.1, 0.15) is 49.2 Å². The highest BCUT2D eigenvalue weighted by atomic mass is 127. The fourth-order valence-corrected chi connectivity index (χ4v) is 6.10. The zero-order chi connectivity index (χ0) is 23.8. The third-order valence-corrected chi connectivity index (χ3v) is 8.23. The fourth-order valence-electron chi connectivity index (χ4n) is 4.14. The molecule has 0 aliphatic heterocycles. The Kier molecular flexibility index (Phi) is 7.20. The van der Waals surface area contributed by atoms with Crippen molar-refractivity contribution in [3.63, 3.8) is 0 Å². The second kappa shape index (κ2) is 9.79. The lowest BCUT2D eigenvalue weighted by Crippen LogP contribution is -2.30. The van der Waals surface area contributed by atoms with Crippen molar-refractivity contribution in [3.05, 3.63) is 44.3 Å². The van der Waals surface area contributed by atoms with Crippen molar-refractivity contribution in [3.8, 4) is 0 Å². The maximum Gasteiger partial charge on any atom is 0.312 e. The quantitative estimate of drug-likeness (QED) is 0.294. The van der Waals surface area contributed by atoms with E-state index in [0.717, 1.165) is 28.4 Å². The Morgan fingerprint density at radius 2 is 1.94 bits per heavy atom. The molecule has 0 spiro atoms. The number of nitrogens with one attached hydrogen (secondary N) is 1. The molecule has 8 nitrogen and oxygen atoms in total. The van der Waals surface area contributed by atoms with Gasteiger partial charge in [0.15, 0.2) is 17.0 Å². The number of nitrogens with two attached hydrogens (primary N) is 1. The van der Waals surface area contributed by atoms with Crippen LogP contribution in [-0.2, 0) is 35.8 Å². The minimum absolute atomic E-state index is 0.0210. The van der Waals surface area contributed by atoms with Gasteiger partial charge in [-0.25, -0.2) is 18.1 Å². The highest BCUT2D eigenvalue weighted by Gasteiger charge is 2.20. The number of imidazole rings is 1. The first kappa shape index (κ1) is 24.3. The van der Waals surface area contributed by atoms with E-state index in [-0.39, 0.29) is 17.5 Å². The van der Waals surface area contributed by atoms with Crippen molar-refractivity contribution in [2.75, 3.05) is 18.0 Å². The van der Waals surface area contributed by atoms with E-state index < -0.39 is 16.1 Å². The molecule has 2 heterocycles. The molecule has 0 radical (unpaired) electrons. The van der Waals surface area contributed by atoms with Gasteiger partial charge in [-0.1, -0.05) is 19.9 Å². The van der Waals surface area contributed by atoms with E-state index in [4.69, 9.17) is 5.73 Å². The van der Waals surface area contributed by atoms with E-state index in [1.165, 1.54) is 11.1 Å². The second-order valence-electron chi connectivity index (χ2n) is 8.89. The van der Waals surface area contributed by atoms with Gasteiger partial charge in [0, 0.05) is 23.1 Å². The first-order valence-electron chi connectivity index (χ1n) is 11.1. The Hall–Kier alpha value is -1.86. The number of nitrogen functional groups attached to an aromatic ring is 1. The lowest BCUT2D eigenvalue weighted by Gasteiger charge is -2.12. The summed E-state index contributed by atoms with van der Waals surface area (Å²) in [4.78, 5) is 12.2. The van der Waals surface area contributed by atoms with Gasteiger partial charge in [-0.05, 0) is 76.9 Å². The summed E-state index contributed by atoms with van der Waals surface area (Å²) in [6.07, 6.45) is 3.26. The number of sulfonamides is 1. The van der Waals surface area contributed by atoms with Crippen molar-refractivity contribution in [1.82, 2.24) is 24.2 Å². The number of nitrogens with zero attached hydrogens (tertiary/aromatic N) is 4. The SMILES string of the molecule is CC(C)CNS(=O)(=O)CCCn1c(Cc2cc3c(cc2I)CCC3)nc2c(N)nc(F)nc21. The van der Waals surface area contributed by atoms with Gasteiger partial charge < -0.3 is 10.3 Å². The predicted molar refractivity (Wildman–Crippen MR) is 135 cm³/mol. The first-order chi connectivity index (χ1) is 15.6. The summed E-state index contributed by atoms with van der Waals surface area (Å²) in [5.41, 5.74) is 10.4. The second-order valence-corrected chi connectivity index (χ2v) is 12.0. The lowest BCUT2D eigenvalue weighted by atomic mass is 10.0. The minimum Gasteiger partial charge on any atom is -0.382 e. The molecule has 4 rings (SSSR count). The number of halogens is 2. The average molecular weight is 586 g/mol. The molecule has 2 aromatic heterocycles. The molecule has 33 heavy (non-hydrogen) atoms. The minimum atomic E-state index is -3.40. The Labute approximate surface area is 206 Å². The molecule has 0 saturated heterocycles. The normalized spacial score (nSPS) is 13.8. The van der Waals surface area contributed by atoms with E-state index in [1.54, 1.807) is 4.57 Å². The molecule has 0 fully saturated rings. The summed E-state index contributed by atoms with van der Waals surface area (Å²) in [6.45, 7) is 4.62. The number of rotatable bonds is 9. The summed E-state index contributed by atoms with van der Waals surface area (Å²) in [7, 11) is -3.40. The van der Waals surface area contributed by atoms with E-state index >= 15 is 0 Å². The van der Waals surface area contributed by atoms with Crippen molar-refractivity contribution < 1.29 is 12.8 Å². The maximum atomic E-state index is 14.0. The van der Waals surface area contributed by atoms with Crippen LogP contribution in [0.4, 0.5) is 10.2 Å². The van der Waals surface area contributed by atoms with E-state index in [0.29, 0.717) is 42.9 Å². The maximum absolute atomic E-state index is 14.0. The average Bonchev–Trinajstić information content (AvgIpc) is 3.31. The number of aromatic nitrogens is 4. The Morgan fingerprint density at radius 1 is 1.21 bits per heavy atom. The topological polar surface area (TPSA) is 116 Å². The molecule has 3 N–H and O–H groups in total. The van der Waals surface area contributed by atoms with Crippen molar-refractivity contribution in [1.29, 1.82) is 0 Å². The van der Waals surface area contributed by atoms with Crippen LogP contribution >= 0.6 is 22.6 Å². The Balaban J connectivity index is 1.63. The largest absolute Gasteiger partial charge is 0.382 e. The molecule has 1 aromatic carbocycles. The van der Waals surface area contributed by atoms with Gasteiger partial charge >= 0.3 is 6.08 Å². The molecule has 0 atom stereocenters. The van der Waals surface area contributed by atoms with E-state index in [9.17, 15) is 12.8 Å². The van der Waals surface area contributed by atoms with Crippen LogP contribution in [0.5, 0.6) is 0 Å². The summed E-state index contributed by atoms with van der Waals surface area (Å²) in [5.74, 6) is 0.826. The number of hydrogen-bond acceptors (Lipinski definition) is 6. The number of hydrogen-bond donors (Lipinski definition) is 2. The van der Waals surface area contributed by atoms with E-state index in [2.05, 4.69) is 54.4 Å². The summed E-state index contributed by atoms with van der Waals surface area (Å²) in [6, 6.07) is 4.45. The predicted octanol–water partition coefficient (Wildman–Crippen LogP) is 3.20. The van der Waals surface area contributed by atoms with Crippen molar-refractivity contribution in [2.45, 2.75) is 52.5 Å². The number of aryl methyl sites for hydroxylation is 3. The zero-order valence-electron chi connectivity index (χ0n) is 18.7. The summed E-state index contributed by atoms with van der Waals surface area (Å²) in [5, 5.41) is 0. The van der Waals surface area contributed by atoms with Crippen LogP contribution in [0.25, 0.3) is 11.2 Å². The fraction of sp³-hybridized carbons (Fsp3) is 0.500.